The van der Waals surface area contributed by atoms with E-state index in [4.69, 9.17) is 17.3 Å². The van der Waals surface area contributed by atoms with Crippen LogP contribution in [-0.4, -0.2) is 22.3 Å². The van der Waals surface area contributed by atoms with E-state index in [1.54, 1.807) is 18.0 Å². The lowest BCUT2D eigenvalue weighted by molar-refractivity contribution is 1.01. The summed E-state index contributed by atoms with van der Waals surface area (Å²) in [6.07, 6.45) is 8.10. The number of hydrogen-bond acceptors (Lipinski definition) is 5. The molecule has 0 unspecified atom stereocenters. The van der Waals surface area contributed by atoms with E-state index in [1.165, 1.54) is 18.4 Å². The predicted octanol–water partition coefficient (Wildman–Crippen LogP) is 6.96. The van der Waals surface area contributed by atoms with Crippen LogP contribution >= 0.6 is 39.3 Å². The lowest BCUT2D eigenvalue weighted by atomic mass is 10.2. The second-order valence-electron chi connectivity index (χ2n) is 7.21. The molecule has 1 aromatic heterocycles. The zero-order valence-corrected chi connectivity index (χ0v) is 20.7. The largest absolute Gasteiger partial charge is 0.384 e. The van der Waals surface area contributed by atoms with Crippen molar-refractivity contribution in [3.8, 4) is 0 Å². The van der Waals surface area contributed by atoms with Gasteiger partial charge in [0.25, 0.3) is 0 Å². The molecule has 1 heterocycles. The van der Waals surface area contributed by atoms with Gasteiger partial charge in [0.2, 0.25) is 5.95 Å². The molecule has 1 saturated carbocycles. The number of hydrogen-bond donors (Lipinski definition) is 2. The molecule has 0 spiro atoms. The maximum atomic E-state index is 6.10. The molecule has 1 aliphatic rings. The summed E-state index contributed by atoms with van der Waals surface area (Å²) in [6, 6.07) is 7.67. The van der Waals surface area contributed by atoms with Crippen molar-refractivity contribution in [3.63, 3.8) is 0 Å². The maximum Gasteiger partial charge on any atom is 0.225 e. The smallest absolute Gasteiger partial charge is 0.225 e. The van der Waals surface area contributed by atoms with Gasteiger partial charge < -0.3 is 11.1 Å². The van der Waals surface area contributed by atoms with E-state index in [9.17, 15) is 0 Å². The minimum Gasteiger partial charge on any atom is -0.384 e. The minimum atomic E-state index is 0.442. The number of amidine groups is 1. The first kappa shape index (κ1) is 23.6. The summed E-state index contributed by atoms with van der Waals surface area (Å²) in [5.41, 5.74) is 8.36. The summed E-state index contributed by atoms with van der Waals surface area (Å²) >= 11 is 11.1. The van der Waals surface area contributed by atoms with Crippen LogP contribution < -0.4 is 11.1 Å². The van der Waals surface area contributed by atoms with Gasteiger partial charge in [0, 0.05) is 27.6 Å². The van der Waals surface area contributed by atoms with Crippen LogP contribution in [0.5, 0.6) is 0 Å². The molecule has 0 amide bonds. The topological polar surface area (TPSA) is 76.2 Å². The molecule has 3 rings (SSSR count). The molecular formula is C23H25BrClN5S. The van der Waals surface area contributed by atoms with Crippen LogP contribution in [-0.2, 0) is 0 Å². The predicted molar refractivity (Wildman–Crippen MR) is 138 cm³/mol. The highest BCUT2D eigenvalue weighted by molar-refractivity contribution is 9.10. The zero-order chi connectivity index (χ0) is 22.4. The number of nitrogens with zero attached hydrogens (tertiary/aromatic N) is 3. The third kappa shape index (κ3) is 7.23. The van der Waals surface area contributed by atoms with E-state index in [2.05, 4.69) is 49.7 Å². The first-order valence-electron chi connectivity index (χ1n) is 9.92. The monoisotopic (exact) mass is 517 g/mol. The van der Waals surface area contributed by atoms with Gasteiger partial charge in [-0.3, -0.25) is 0 Å². The highest BCUT2D eigenvalue weighted by Crippen LogP contribution is 2.36. The van der Waals surface area contributed by atoms with E-state index < -0.39 is 0 Å². The lowest BCUT2D eigenvalue weighted by Gasteiger charge is -2.11. The van der Waals surface area contributed by atoms with Gasteiger partial charge in [-0.15, -0.1) is 0 Å². The van der Waals surface area contributed by atoms with Gasteiger partial charge in [0.05, 0.1) is 4.47 Å². The molecule has 31 heavy (non-hydrogen) atoms. The van der Waals surface area contributed by atoms with Crippen LogP contribution in [0.3, 0.4) is 0 Å². The van der Waals surface area contributed by atoms with Crippen LogP contribution in [0.2, 0.25) is 5.02 Å². The van der Waals surface area contributed by atoms with Gasteiger partial charge >= 0.3 is 0 Å². The fourth-order valence-corrected chi connectivity index (χ4v) is 4.10. The first-order valence-corrected chi connectivity index (χ1v) is 11.9. The molecule has 1 fully saturated rings. The average Bonchev–Trinajstić information content (AvgIpc) is 3.58. The van der Waals surface area contributed by atoms with Crippen molar-refractivity contribution in [2.45, 2.75) is 26.7 Å². The van der Waals surface area contributed by atoms with Gasteiger partial charge in [-0.1, -0.05) is 53.7 Å². The Morgan fingerprint density at radius 3 is 2.90 bits per heavy atom. The second kappa shape index (κ2) is 11.0. The van der Waals surface area contributed by atoms with Crippen molar-refractivity contribution in [1.82, 2.24) is 9.97 Å². The van der Waals surface area contributed by atoms with E-state index in [0.29, 0.717) is 39.6 Å². The molecule has 0 aliphatic heterocycles. The van der Waals surface area contributed by atoms with Gasteiger partial charge in [-0.2, -0.15) is 4.98 Å². The van der Waals surface area contributed by atoms with E-state index in [0.717, 1.165) is 15.4 Å². The first-order chi connectivity index (χ1) is 14.9. The Hall–Kier alpha value is -2.09. The van der Waals surface area contributed by atoms with Crippen molar-refractivity contribution in [2.75, 3.05) is 11.9 Å². The molecule has 3 N–H and O–H groups in total. The van der Waals surface area contributed by atoms with Crippen LogP contribution in [0.15, 0.2) is 69.1 Å². The Bertz CT molecular complexity index is 1060. The summed E-state index contributed by atoms with van der Waals surface area (Å²) in [5.74, 6) is 2.06. The fourth-order valence-electron chi connectivity index (χ4n) is 2.81. The second-order valence-corrected chi connectivity index (χ2v) is 9.72. The normalized spacial score (nSPS) is 15.2. The number of nitrogens with two attached hydrogens (primary N) is 1. The highest BCUT2D eigenvalue weighted by Gasteiger charge is 2.22. The fraction of sp³-hybridized carbons (Fsp3) is 0.261. The summed E-state index contributed by atoms with van der Waals surface area (Å²) in [5, 5.41) is 3.94. The molecule has 2 aromatic rings. The molecule has 0 saturated heterocycles. The van der Waals surface area contributed by atoms with Crippen molar-refractivity contribution in [1.29, 1.82) is 0 Å². The summed E-state index contributed by atoms with van der Waals surface area (Å²) < 4.78 is 0.688. The number of rotatable bonds is 9. The number of thioether (sulfide) groups is 1. The molecule has 0 atom stereocenters. The molecule has 5 nitrogen and oxygen atoms in total. The van der Waals surface area contributed by atoms with E-state index >= 15 is 0 Å². The van der Waals surface area contributed by atoms with Crippen molar-refractivity contribution < 1.29 is 0 Å². The average molecular weight is 519 g/mol. The van der Waals surface area contributed by atoms with Gasteiger partial charge in [-0.25, -0.2) is 9.98 Å². The van der Waals surface area contributed by atoms with Crippen LogP contribution in [0.1, 0.15) is 32.3 Å². The summed E-state index contributed by atoms with van der Waals surface area (Å²) in [7, 11) is 0. The molecule has 1 aliphatic carbocycles. The zero-order valence-electron chi connectivity index (χ0n) is 17.5. The maximum absolute atomic E-state index is 6.10. The van der Waals surface area contributed by atoms with Gasteiger partial charge in [0.15, 0.2) is 5.82 Å². The number of benzene rings is 1. The standard InChI is InChI=1S/C23H25BrClN5S/c1-4-19(31-15(3)17-6-5-7-18(25)11-17)12-27-23-28-13-20(24)22(30-23)29-21(26)10-14(2)16-8-9-16/h4-7,10-11,13,16H,3,8-9,12H2,1-2H3,(H3,26,27,28,29,30)/b14-10+,19-4-. The van der Waals surface area contributed by atoms with Crippen molar-refractivity contribution >= 4 is 61.8 Å². The van der Waals surface area contributed by atoms with Crippen LogP contribution in [0.25, 0.3) is 4.91 Å². The number of anilines is 1. The lowest BCUT2D eigenvalue weighted by Crippen LogP contribution is -2.10. The molecule has 0 radical (unpaired) electrons. The Balaban J connectivity index is 1.64. The number of halogens is 2. The quantitative estimate of drug-likeness (QED) is 0.277. The van der Waals surface area contributed by atoms with Crippen molar-refractivity contribution in [2.24, 2.45) is 16.6 Å². The molecule has 0 bridgehead atoms. The summed E-state index contributed by atoms with van der Waals surface area (Å²) in [4.78, 5) is 15.3. The van der Waals surface area contributed by atoms with Gasteiger partial charge in [-0.05, 0) is 72.3 Å². The van der Waals surface area contributed by atoms with Gasteiger partial charge in [0.1, 0.15) is 5.84 Å². The Morgan fingerprint density at radius 1 is 1.45 bits per heavy atom. The van der Waals surface area contributed by atoms with Crippen LogP contribution in [0, 0.1) is 5.92 Å². The van der Waals surface area contributed by atoms with E-state index in [1.807, 2.05) is 43.3 Å². The summed E-state index contributed by atoms with van der Waals surface area (Å²) in [6.45, 7) is 8.81. The minimum absolute atomic E-state index is 0.442. The Kier molecular flexibility index (Phi) is 8.35. The number of allylic oxidation sites excluding steroid dienone is 2. The van der Waals surface area contributed by atoms with E-state index in [-0.39, 0.29) is 0 Å². The molecule has 162 valence electrons. The molecule has 1 aromatic carbocycles. The number of nitrogens with one attached hydrogen (secondary N) is 1. The SMILES string of the molecule is C=C(S/C(=C\C)CNc1ncc(Br)c(N=C(N)/C=C(\C)C2CC2)n1)c1cccc(Cl)c1. The molecule has 8 heteroatoms. The molecular weight excluding hydrogens is 494 g/mol. The third-order valence-corrected chi connectivity index (χ3v) is 6.62. The van der Waals surface area contributed by atoms with Crippen molar-refractivity contribution in [3.05, 3.63) is 74.7 Å². The number of aromatic nitrogens is 2. The van der Waals surface area contributed by atoms with Crippen LogP contribution in [0.4, 0.5) is 11.8 Å². The Morgan fingerprint density at radius 2 is 2.23 bits per heavy atom. The third-order valence-electron chi connectivity index (χ3n) is 4.70. The highest BCUT2D eigenvalue weighted by atomic mass is 79.9. The Labute approximate surface area is 201 Å². The number of aliphatic imine (C=N–C) groups is 1.